The summed E-state index contributed by atoms with van der Waals surface area (Å²) in [6.07, 6.45) is 2.66. The summed E-state index contributed by atoms with van der Waals surface area (Å²) in [7, 11) is 1.63. The van der Waals surface area contributed by atoms with Gasteiger partial charge in [-0.05, 0) is 0 Å². The summed E-state index contributed by atoms with van der Waals surface area (Å²) in [4.78, 5) is 0. The van der Waals surface area contributed by atoms with Gasteiger partial charge in [-0.15, -0.1) is 0 Å². The predicted molar refractivity (Wildman–Crippen MR) is 40.9 cm³/mol. The van der Waals surface area contributed by atoms with E-state index in [1.807, 2.05) is 0 Å². The number of hydrogen-bond acceptors (Lipinski definition) is 4. The van der Waals surface area contributed by atoms with E-state index in [-0.39, 0.29) is 0 Å². The molecule has 10 heavy (non-hydrogen) atoms. The summed E-state index contributed by atoms with van der Waals surface area (Å²) < 4.78 is 4.77. The molecule has 0 aromatic rings. The van der Waals surface area contributed by atoms with Gasteiger partial charge in [0.1, 0.15) is 0 Å². The first-order chi connectivity index (χ1) is 4.81. The number of allylic oxidation sites excluding steroid dienone is 1. The van der Waals surface area contributed by atoms with E-state index in [0.29, 0.717) is 18.8 Å². The highest BCUT2D eigenvalue weighted by Gasteiger charge is 1.80. The maximum absolute atomic E-state index is 6.70. The first kappa shape index (κ1) is 8.97. The van der Waals surface area contributed by atoms with Crippen molar-refractivity contribution in [3.63, 3.8) is 0 Å². The van der Waals surface area contributed by atoms with Gasteiger partial charge in [0.25, 0.3) is 0 Å². The van der Waals surface area contributed by atoms with Gasteiger partial charge in [0.05, 0.1) is 12.3 Å². The van der Waals surface area contributed by atoms with Crippen LogP contribution in [0, 0.1) is 5.41 Å². The van der Waals surface area contributed by atoms with Crippen molar-refractivity contribution in [2.24, 2.45) is 5.73 Å². The normalized spacial score (nSPS) is 11.1. The van der Waals surface area contributed by atoms with Crippen molar-refractivity contribution in [3.05, 3.63) is 11.9 Å². The minimum Gasteiger partial charge on any atom is -0.396 e. The molecule has 0 saturated heterocycles. The summed E-state index contributed by atoms with van der Waals surface area (Å²) >= 11 is 0. The number of methoxy groups -OCH3 is 1. The van der Waals surface area contributed by atoms with E-state index >= 15 is 0 Å². The summed E-state index contributed by atoms with van der Waals surface area (Å²) in [5.41, 5.74) is 5.68. The maximum Gasteiger partial charge on any atom is 0.0652 e. The predicted octanol–water partition coefficient (Wildman–Crippen LogP) is -0.328. The van der Waals surface area contributed by atoms with Crippen LogP contribution in [0.5, 0.6) is 0 Å². The Hall–Kier alpha value is -1.03. The van der Waals surface area contributed by atoms with Crippen LogP contribution in [0.1, 0.15) is 0 Å². The number of ether oxygens (including phenoxy) is 1. The molecule has 0 rings (SSSR count). The molecule has 0 aliphatic carbocycles. The first-order valence-corrected chi connectivity index (χ1v) is 2.99. The smallest absolute Gasteiger partial charge is 0.0652 e. The molecule has 0 bridgehead atoms. The van der Waals surface area contributed by atoms with E-state index in [9.17, 15) is 0 Å². The third-order valence-electron chi connectivity index (χ3n) is 0.886. The van der Waals surface area contributed by atoms with Crippen molar-refractivity contribution in [2.45, 2.75) is 0 Å². The Morgan fingerprint density at radius 2 is 2.50 bits per heavy atom. The van der Waals surface area contributed by atoms with Gasteiger partial charge >= 0.3 is 0 Å². The number of hydrogen-bond donors (Lipinski definition) is 3. The zero-order valence-electron chi connectivity index (χ0n) is 6.05. The van der Waals surface area contributed by atoms with Crippen LogP contribution in [0.2, 0.25) is 0 Å². The van der Waals surface area contributed by atoms with Crippen molar-refractivity contribution in [1.82, 2.24) is 5.32 Å². The molecule has 58 valence electrons. The van der Waals surface area contributed by atoms with Crippen molar-refractivity contribution < 1.29 is 4.74 Å². The van der Waals surface area contributed by atoms with Gasteiger partial charge in [-0.1, -0.05) is 0 Å². The Kier molecular flexibility index (Phi) is 5.47. The summed E-state index contributed by atoms with van der Waals surface area (Å²) in [5, 5.41) is 9.57. The lowest BCUT2D eigenvalue weighted by atomic mass is 10.5. The summed E-state index contributed by atoms with van der Waals surface area (Å²) in [6.45, 7) is 1.35. The molecule has 0 unspecified atom stereocenters. The van der Waals surface area contributed by atoms with Crippen LogP contribution in [-0.4, -0.2) is 26.5 Å². The second-order valence-corrected chi connectivity index (χ2v) is 1.74. The Bertz CT molecular complexity index is 122. The van der Waals surface area contributed by atoms with Gasteiger partial charge in [-0.25, -0.2) is 0 Å². The Balaban J connectivity index is 3.24. The minimum absolute atomic E-state index is 0.413. The van der Waals surface area contributed by atoms with Crippen molar-refractivity contribution >= 4 is 6.21 Å². The third-order valence-corrected chi connectivity index (χ3v) is 0.886. The molecule has 0 saturated carbocycles. The molecule has 0 aliphatic heterocycles. The van der Waals surface area contributed by atoms with Crippen molar-refractivity contribution in [2.75, 3.05) is 20.3 Å². The van der Waals surface area contributed by atoms with E-state index in [0.717, 1.165) is 6.21 Å². The van der Waals surface area contributed by atoms with Gasteiger partial charge in [0.15, 0.2) is 0 Å². The fraction of sp³-hybridized carbons (Fsp3) is 0.500. The monoisotopic (exact) mass is 143 g/mol. The molecule has 4 nitrogen and oxygen atoms in total. The Morgan fingerprint density at radius 1 is 1.80 bits per heavy atom. The van der Waals surface area contributed by atoms with Gasteiger partial charge < -0.3 is 21.2 Å². The van der Waals surface area contributed by atoms with E-state index in [1.54, 1.807) is 13.3 Å². The fourth-order valence-corrected chi connectivity index (χ4v) is 0.393. The molecule has 0 heterocycles. The van der Waals surface area contributed by atoms with Gasteiger partial charge in [-0.3, -0.25) is 0 Å². The average molecular weight is 143 g/mol. The van der Waals surface area contributed by atoms with E-state index in [4.69, 9.17) is 15.9 Å². The molecule has 4 heteroatoms. The summed E-state index contributed by atoms with van der Waals surface area (Å²) in [5.74, 6) is 0. The van der Waals surface area contributed by atoms with E-state index in [1.165, 1.54) is 0 Å². The molecule has 0 atom stereocenters. The van der Waals surface area contributed by atoms with Crippen LogP contribution in [0.15, 0.2) is 11.9 Å². The van der Waals surface area contributed by atoms with E-state index < -0.39 is 0 Å². The largest absolute Gasteiger partial charge is 0.396 e. The highest BCUT2D eigenvalue weighted by atomic mass is 16.5. The standard InChI is InChI=1S/C6H13N3O/c1-10-3-2-9-5-6(8)4-7/h4-5,7,9H,2-3,8H2,1H3/b6-5+,7-4?. The minimum atomic E-state index is 0.413. The second kappa shape index (κ2) is 6.10. The molecular formula is C6H13N3O. The van der Waals surface area contributed by atoms with Crippen LogP contribution < -0.4 is 11.1 Å². The zero-order chi connectivity index (χ0) is 7.82. The lowest BCUT2D eigenvalue weighted by Gasteiger charge is -1.98. The second-order valence-electron chi connectivity index (χ2n) is 1.74. The molecule has 0 amide bonds. The number of nitrogens with one attached hydrogen (secondary N) is 2. The lowest BCUT2D eigenvalue weighted by molar-refractivity contribution is 0.202. The van der Waals surface area contributed by atoms with Crippen LogP contribution in [0.3, 0.4) is 0 Å². The average Bonchev–Trinajstić information content (AvgIpc) is 1.98. The third kappa shape index (κ3) is 5.11. The van der Waals surface area contributed by atoms with Crippen LogP contribution in [0.4, 0.5) is 0 Å². The quantitative estimate of drug-likeness (QED) is 0.364. The molecule has 0 fully saturated rings. The lowest BCUT2D eigenvalue weighted by Crippen LogP contribution is -2.15. The van der Waals surface area contributed by atoms with Gasteiger partial charge in [-0.2, -0.15) is 0 Å². The highest BCUT2D eigenvalue weighted by Crippen LogP contribution is 1.71. The van der Waals surface area contributed by atoms with Crippen LogP contribution >= 0.6 is 0 Å². The molecular weight excluding hydrogens is 130 g/mol. The fourth-order valence-electron chi connectivity index (χ4n) is 0.393. The number of nitrogens with two attached hydrogens (primary N) is 1. The number of rotatable bonds is 5. The molecule has 4 N–H and O–H groups in total. The zero-order valence-corrected chi connectivity index (χ0v) is 6.05. The Morgan fingerprint density at radius 3 is 3.00 bits per heavy atom. The van der Waals surface area contributed by atoms with Gasteiger partial charge in [0.2, 0.25) is 0 Å². The summed E-state index contributed by atoms with van der Waals surface area (Å²) in [6, 6.07) is 0. The van der Waals surface area contributed by atoms with Crippen molar-refractivity contribution in [3.8, 4) is 0 Å². The molecule has 0 aromatic carbocycles. The molecule has 0 aromatic heterocycles. The van der Waals surface area contributed by atoms with Crippen LogP contribution in [-0.2, 0) is 4.74 Å². The van der Waals surface area contributed by atoms with Crippen molar-refractivity contribution in [1.29, 1.82) is 5.41 Å². The molecule has 0 spiro atoms. The van der Waals surface area contributed by atoms with Gasteiger partial charge in [0, 0.05) is 26.1 Å². The molecule has 0 aliphatic rings. The van der Waals surface area contributed by atoms with E-state index in [2.05, 4.69) is 5.32 Å². The molecule has 0 radical (unpaired) electrons. The first-order valence-electron chi connectivity index (χ1n) is 2.99. The SMILES string of the molecule is COCCN/C=C(/N)C=N. The Labute approximate surface area is 60.6 Å². The maximum atomic E-state index is 6.70. The topological polar surface area (TPSA) is 71.1 Å². The highest BCUT2D eigenvalue weighted by molar-refractivity contribution is 5.73. The van der Waals surface area contributed by atoms with Crippen LogP contribution in [0.25, 0.3) is 0 Å².